The van der Waals surface area contributed by atoms with Crippen molar-refractivity contribution in [2.45, 2.75) is 6.92 Å². The van der Waals surface area contributed by atoms with E-state index in [0.29, 0.717) is 49.2 Å². The van der Waals surface area contributed by atoms with E-state index in [9.17, 15) is 0 Å². The predicted octanol–water partition coefficient (Wildman–Crippen LogP) is 5.38. The summed E-state index contributed by atoms with van der Waals surface area (Å²) in [7, 11) is 0. The third kappa shape index (κ3) is 5.94. The van der Waals surface area contributed by atoms with Crippen LogP contribution in [0.15, 0.2) is 50.4 Å². The molecule has 1 aliphatic rings. The van der Waals surface area contributed by atoms with E-state index in [0.717, 1.165) is 25.8 Å². The Morgan fingerprint density at radius 3 is 2.66 bits per heavy atom. The lowest BCUT2D eigenvalue weighted by molar-refractivity contribution is 0.122. The Labute approximate surface area is 207 Å². The second-order valence-electron chi connectivity index (χ2n) is 7.01. The maximum absolute atomic E-state index is 6.30. The van der Waals surface area contributed by atoms with E-state index in [4.69, 9.17) is 16.3 Å². The quantitative estimate of drug-likeness (QED) is 0.298. The number of hydrogen-bond acceptors (Lipinski definition) is 8. The first kappa shape index (κ1) is 22.9. The van der Waals surface area contributed by atoms with Crippen molar-refractivity contribution in [2.24, 2.45) is 5.10 Å². The highest BCUT2D eigenvalue weighted by Gasteiger charge is 2.17. The number of hydrazone groups is 1. The van der Waals surface area contributed by atoms with Gasteiger partial charge in [-0.05, 0) is 58.2 Å². The molecule has 0 amide bonds. The lowest BCUT2D eigenvalue weighted by atomic mass is 10.2. The van der Waals surface area contributed by atoms with Gasteiger partial charge in [-0.25, -0.2) is 5.43 Å². The highest BCUT2D eigenvalue weighted by atomic mass is 79.9. The second kappa shape index (κ2) is 10.6. The van der Waals surface area contributed by atoms with Gasteiger partial charge in [-0.2, -0.15) is 20.1 Å². The van der Waals surface area contributed by atoms with Gasteiger partial charge in [0.1, 0.15) is 0 Å². The third-order valence-corrected chi connectivity index (χ3v) is 6.20. The van der Waals surface area contributed by atoms with Gasteiger partial charge in [0.15, 0.2) is 0 Å². The van der Waals surface area contributed by atoms with E-state index < -0.39 is 0 Å². The van der Waals surface area contributed by atoms with Crippen LogP contribution in [-0.2, 0) is 4.74 Å². The Kier molecular flexibility index (Phi) is 7.56. The minimum Gasteiger partial charge on any atom is -0.378 e. The van der Waals surface area contributed by atoms with Crippen LogP contribution in [0.5, 0.6) is 0 Å². The molecule has 0 saturated carbocycles. The van der Waals surface area contributed by atoms with Crippen molar-refractivity contribution >= 4 is 73.2 Å². The van der Waals surface area contributed by atoms with Crippen molar-refractivity contribution in [2.75, 3.05) is 41.9 Å². The van der Waals surface area contributed by atoms with Crippen LogP contribution in [0.25, 0.3) is 0 Å². The zero-order chi connectivity index (χ0) is 22.5. The predicted molar refractivity (Wildman–Crippen MR) is 135 cm³/mol. The SMILES string of the molecule is Cc1cc(Br)c(Nc2nc(N/N=C/c3cccc(Br)c3)nc(N3CCOCC3)n2)cc1Cl. The molecule has 4 rings (SSSR count). The van der Waals surface area contributed by atoms with Crippen molar-refractivity contribution in [3.63, 3.8) is 0 Å². The zero-order valence-corrected chi connectivity index (χ0v) is 21.1. The van der Waals surface area contributed by atoms with Crippen LogP contribution in [0, 0.1) is 6.92 Å². The fourth-order valence-corrected chi connectivity index (χ4v) is 4.13. The van der Waals surface area contributed by atoms with Crippen molar-refractivity contribution in [1.29, 1.82) is 0 Å². The molecule has 2 aromatic carbocycles. The van der Waals surface area contributed by atoms with Crippen molar-refractivity contribution in [3.05, 3.63) is 61.5 Å². The number of nitrogens with one attached hydrogen (secondary N) is 2. The van der Waals surface area contributed by atoms with Gasteiger partial charge in [0.05, 0.1) is 25.1 Å². The van der Waals surface area contributed by atoms with Gasteiger partial charge >= 0.3 is 0 Å². The van der Waals surface area contributed by atoms with Crippen LogP contribution < -0.4 is 15.6 Å². The minimum atomic E-state index is 0.324. The number of anilines is 4. The lowest BCUT2D eigenvalue weighted by Gasteiger charge is -2.27. The molecule has 2 N–H and O–H groups in total. The first-order valence-electron chi connectivity index (χ1n) is 9.84. The first-order valence-corrected chi connectivity index (χ1v) is 11.8. The average molecular weight is 582 g/mol. The van der Waals surface area contributed by atoms with E-state index in [1.165, 1.54) is 0 Å². The Balaban J connectivity index is 1.61. The van der Waals surface area contributed by atoms with Gasteiger partial charge in [0.25, 0.3) is 0 Å². The van der Waals surface area contributed by atoms with E-state index >= 15 is 0 Å². The van der Waals surface area contributed by atoms with Crippen LogP contribution in [0.2, 0.25) is 5.02 Å². The topological polar surface area (TPSA) is 87.6 Å². The number of halogens is 3. The van der Waals surface area contributed by atoms with Crippen LogP contribution in [0.3, 0.4) is 0 Å². The molecule has 3 aromatic rings. The molecule has 32 heavy (non-hydrogen) atoms. The van der Waals surface area contributed by atoms with Gasteiger partial charge in [-0.1, -0.05) is 39.7 Å². The smallest absolute Gasteiger partial charge is 0.250 e. The van der Waals surface area contributed by atoms with Gasteiger partial charge in [0, 0.05) is 27.1 Å². The molecule has 166 valence electrons. The fraction of sp³-hybridized carbons (Fsp3) is 0.238. The third-order valence-electron chi connectivity index (χ3n) is 4.64. The Morgan fingerprint density at radius 1 is 1.09 bits per heavy atom. The summed E-state index contributed by atoms with van der Waals surface area (Å²) in [6, 6.07) is 11.6. The van der Waals surface area contributed by atoms with E-state index in [1.807, 2.05) is 43.3 Å². The molecule has 1 saturated heterocycles. The molecule has 8 nitrogen and oxygen atoms in total. The number of ether oxygens (including phenoxy) is 1. The summed E-state index contributed by atoms with van der Waals surface area (Å²) >= 11 is 13.3. The minimum absolute atomic E-state index is 0.324. The van der Waals surface area contributed by atoms with Gasteiger partial charge in [-0.15, -0.1) is 0 Å². The average Bonchev–Trinajstić information content (AvgIpc) is 2.78. The summed E-state index contributed by atoms with van der Waals surface area (Å²) in [5.74, 6) is 1.24. The second-order valence-corrected chi connectivity index (χ2v) is 9.19. The molecule has 0 aliphatic carbocycles. The normalized spacial score (nSPS) is 14.1. The fourth-order valence-electron chi connectivity index (χ4n) is 2.99. The number of aryl methyl sites for hydroxylation is 1. The first-order chi connectivity index (χ1) is 15.5. The number of rotatable bonds is 6. The molecule has 0 radical (unpaired) electrons. The Morgan fingerprint density at radius 2 is 1.88 bits per heavy atom. The summed E-state index contributed by atoms with van der Waals surface area (Å²) in [6.45, 7) is 4.59. The molecule has 2 heterocycles. The molecule has 0 atom stereocenters. The Bertz CT molecular complexity index is 1140. The molecular weight excluding hydrogens is 562 g/mol. The van der Waals surface area contributed by atoms with Gasteiger partial charge in [-0.3, -0.25) is 0 Å². The number of hydrogen-bond donors (Lipinski definition) is 2. The van der Waals surface area contributed by atoms with Crippen LogP contribution >= 0.6 is 43.5 Å². The Hall–Kier alpha value is -2.27. The largest absolute Gasteiger partial charge is 0.378 e. The molecule has 0 spiro atoms. The monoisotopic (exact) mass is 579 g/mol. The number of aromatic nitrogens is 3. The van der Waals surface area contributed by atoms with Gasteiger partial charge < -0.3 is 15.0 Å². The molecule has 0 unspecified atom stereocenters. The molecular formula is C21H20Br2ClN7O. The summed E-state index contributed by atoms with van der Waals surface area (Å²) in [5, 5.41) is 8.16. The molecule has 1 fully saturated rings. The summed E-state index contributed by atoms with van der Waals surface area (Å²) in [4.78, 5) is 15.7. The van der Waals surface area contributed by atoms with Crippen LogP contribution in [-0.4, -0.2) is 47.5 Å². The maximum atomic E-state index is 6.30. The van der Waals surface area contributed by atoms with Crippen molar-refractivity contribution in [3.8, 4) is 0 Å². The number of benzene rings is 2. The molecule has 0 bridgehead atoms. The molecule has 1 aliphatic heterocycles. The van der Waals surface area contributed by atoms with E-state index in [2.05, 4.69) is 67.6 Å². The zero-order valence-electron chi connectivity index (χ0n) is 17.1. The van der Waals surface area contributed by atoms with E-state index in [-0.39, 0.29) is 0 Å². The van der Waals surface area contributed by atoms with Crippen LogP contribution in [0.1, 0.15) is 11.1 Å². The molecule has 1 aromatic heterocycles. The highest BCUT2D eigenvalue weighted by molar-refractivity contribution is 9.10. The van der Waals surface area contributed by atoms with Gasteiger partial charge in [0.2, 0.25) is 17.8 Å². The standard InChI is InChI=1S/C21H20Br2ClN7O/c1-13-9-16(23)18(11-17(13)24)26-19-27-20(29-21(28-19)31-5-7-32-8-6-31)30-25-12-14-3-2-4-15(22)10-14/h2-4,9-12H,5-8H2,1H3,(H2,26,27,28,29,30)/b25-12+. The maximum Gasteiger partial charge on any atom is 0.250 e. The molecule has 11 heteroatoms. The van der Waals surface area contributed by atoms with Crippen molar-refractivity contribution < 1.29 is 4.74 Å². The van der Waals surface area contributed by atoms with Crippen LogP contribution in [0.4, 0.5) is 23.5 Å². The number of nitrogens with zero attached hydrogens (tertiary/aromatic N) is 5. The van der Waals surface area contributed by atoms with Crippen molar-refractivity contribution in [1.82, 2.24) is 15.0 Å². The lowest BCUT2D eigenvalue weighted by Crippen LogP contribution is -2.37. The highest BCUT2D eigenvalue weighted by Crippen LogP contribution is 2.31. The van der Waals surface area contributed by atoms with E-state index in [1.54, 1.807) is 6.21 Å². The number of morpholine rings is 1. The summed E-state index contributed by atoms with van der Waals surface area (Å²) in [5.41, 5.74) is 5.57. The summed E-state index contributed by atoms with van der Waals surface area (Å²) in [6.07, 6.45) is 1.70. The summed E-state index contributed by atoms with van der Waals surface area (Å²) < 4.78 is 7.28.